The minimum atomic E-state index is -0.660. The van der Waals surface area contributed by atoms with Gasteiger partial charge in [0.2, 0.25) is 11.7 Å². The van der Waals surface area contributed by atoms with Crippen LogP contribution < -0.4 is 9.64 Å². The molecule has 0 N–H and O–H groups in total. The van der Waals surface area contributed by atoms with Crippen LogP contribution >= 0.6 is 11.3 Å². The smallest absolute Gasteiger partial charge is 0.410 e. The number of carbonyl (C=O) groups excluding carboxylic acids is 1. The monoisotopic (exact) mass is 716 g/mol. The molecule has 3 fully saturated rings. The Labute approximate surface area is 303 Å². The van der Waals surface area contributed by atoms with E-state index in [9.17, 15) is 10.1 Å². The van der Waals surface area contributed by atoms with Gasteiger partial charge in [0.15, 0.2) is 0 Å². The van der Waals surface area contributed by atoms with Crippen LogP contribution in [0.25, 0.3) is 11.5 Å². The zero-order valence-electron chi connectivity index (χ0n) is 30.7. The van der Waals surface area contributed by atoms with Crippen molar-refractivity contribution in [3.63, 3.8) is 0 Å². The Morgan fingerprint density at radius 2 is 1.88 bits per heavy atom. The normalized spacial score (nSPS) is 25.2. The van der Waals surface area contributed by atoms with Crippen molar-refractivity contribution in [1.29, 1.82) is 5.26 Å². The lowest BCUT2D eigenvalue weighted by atomic mass is 9.72. The van der Waals surface area contributed by atoms with Gasteiger partial charge >= 0.3 is 12.1 Å². The van der Waals surface area contributed by atoms with Gasteiger partial charge in [0, 0.05) is 81.7 Å². The maximum Gasteiger partial charge on any atom is 0.410 e. The maximum atomic E-state index is 12.8. The summed E-state index contributed by atoms with van der Waals surface area (Å²) in [5, 5.41) is 15.4. The molecule has 3 aromatic rings. The molecule has 15 heteroatoms. The first-order valence-corrected chi connectivity index (χ1v) is 18.7. The van der Waals surface area contributed by atoms with Crippen LogP contribution in [0.4, 0.5) is 15.6 Å². The number of aliphatic imine (C=N–C) groups is 1. The average Bonchev–Trinajstić information content (AvgIpc) is 3.78. The minimum Gasteiger partial charge on any atom is -0.460 e. The molecule has 4 aliphatic rings. The fourth-order valence-electron chi connectivity index (χ4n) is 7.87. The lowest BCUT2D eigenvalue weighted by molar-refractivity contribution is 0.0240. The molecule has 3 aromatic heterocycles. The van der Waals surface area contributed by atoms with E-state index in [1.807, 2.05) is 45.8 Å². The highest BCUT2D eigenvalue weighted by Crippen LogP contribution is 2.50. The van der Waals surface area contributed by atoms with Crippen molar-refractivity contribution in [2.75, 3.05) is 52.2 Å². The van der Waals surface area contributed by atoms with Crippen LogP contribution in [0.15, 0.2) is 15.6 Å². The molecule has 3 saturated heterocycles. The van der Waals surface area contributed by atoms with Crippen molar-refractivity contribution < 1.29 is 18.8 Å². The summed E-state index contributed by atoms with van der Waals surface area (Å²) < 4.78 is 18.2. The Kier molecular flexibility index (Phi) is 9.43. The number of thiophene rings is 1. The molecule has 6 heterocycles. The first-order chi connectivity index (χ1) is 24.3. The van der Waals surface area contributed by atoms with Gasteiger partial charge in [0.25, 0.3) is 0 Å². The number of amides is 1. The predicted molar refractivity (Wildman–Crippen MR) is 194 cm³/mol. The number of aryl methyl sites for hydroxylation is 1. The van der Waals surface area contributed by atoms with Gasteiger partial charge in [-0.15, -0.1) is 11.3 Å². The molecular formula is C36H48N10O4S. The third kappa shape index (κ3) is 7.13. The molecule has 51 heavy (non-hydrogen) atoms. The van der Waals surface area contributed by atoms with Crippen LogP contribution in [0, 0.1) is 11.3 Å². The minimum absolute atomic E-state index is 0.0126. The molecule has 2 unspecified atom stereocenters. The molecule has 7 rings (SSSR count). The first-order valence-electron chi connectivity index (χ1n) is 17.9. The van der Waals surface area contributed by atoms with E-state index in [2.05, 4.69) is 40.0 Å². The number of piperidine rings is 1. The van der Waals surface area contributed by atoms with E-state index in [-0.39, 0.29) is 18.2 Å². The first kappa shape index (κ1) is 35.1. The quantitative estimate of drug-likeness (QED) is 0.228. The van der Waals surface area contributed by atoms with Gasteiger partial charge in [0.05, 0.1) is 17.3 Å². The van der Waals surface area contributed by atoms with Gasteiger partial charge in [-0.2, -0.15) is 20.2 Å². The lowest BCUT2D eigenvalue weighted by Gasteiger charge is -2.37. The van der Waals surface area contributed by atoms with E-state index < -0.39 is 11.0 Å². The number of hydrogen-bond acceptors (Lipinski definition) is 13. The molecule has 1 amide bonds. The summed E-state index contributed by atoms with van der Waals surface area (Å²) in [6.45, 7) is 9.83. The average molecular weight is 717 g/mol. The highest BCUT2D eigenvalue weighted by atomic mass is 32.1. The molecule has 14 nitrogen and oxygen atoms in total. The zero-order valence-corrected chi connectivity index (χ0v) is 31.5. The lowest BCUT2D eigenvalue weighted by Crippen LogP contribution is -2.50. The molecular weight excluding hydrogens is 669 g/mol. The zero-order chi connectivity index (χ0) is 36.1. The summed E-state index contributed by atoms with van der Waals surface area (Å²) >= 11 is 1.56. The molecule has 0 spiro atoms. The number of anilines is 1. The van der Waals surface area contributed by atoms with Gasteiger partial charge < -0.3 is 33.6 Å². The third-order valence-corrected chi connectivity index (χ3v) is 11.7. The number of ether oxygens (including phenoxy) is 2. The second kappa shape index (κ2) is 13.7. The Morgan fingerprint density at radius 3 is 2.55 bits per heavy atom. The fraction of sp³-hybridized carbons (Fsp3) is 0.639. The Morgan fingerprint density at radius 1 is 1.16 bits per heavy atom. The van der Waals surface area contributed by atoms with Gasteiger partial charge in [-0.1, -0.05) is 5.16 Å². The summed E-state index contributed by atoms with van der Waals surface area (Å²) in [6.07, 6.45) is 8.20. The standard InChI is InChI=1S/C36H48N10O4S/c1-35(2,3)49-34(47)46-15-13-45(14-16-46)28-19-26(39-33(40-28)48-24-17-22-10-11-23(18-24)44(22)7)30-41-32(50-42-30)36(4)12-8-9-27-29(36)25(20-37)31(51-27)38-21-43(5)6/h19,21-24H,8-18H2,1-7H3/b38-21+/t22?,23?,24?,36-/m0/s1. The second-order valence-electron chi connectivity index (χ2n) is 15.6. The van der Waals surface area contributed by atoms with Crippen LogP contribution in [-0.4, -0.2) is 118 Å². The number of rotatable bonds is 7. The van der Waals surface area contributed by atoms with E-state index in [0.717, 1.165) is 42.5 Å². The molecule has 3 aliphatic heterocycles. The van der Waals surface area contributed by atoms with Crippen LogP contribution in [0.5, 0.6) is 6.01 Å². The third-order valence-electron chi connectivity index (χ3n) is 10.5. The summed E-state index contributed by atoms with van der Waals surface area (Å²) in [5.41, 5.74) is 0.767. The van der Waals surface area contributed by atoms with E-state index in [0.29, 0.717) is 72.1 Å². The second-order valence-corrected chi connectivity index (χ2v) is 16.7. The molecule has 1 aliphatic carbocycles. The number of carbonyl (C=O) groups is 1. The van der Waals surface area contributed by atoms with Crippen LogP contribution in [-0.2, 0) is 16.6 Å². The summed E-state index contributed by atoms with van der Waals surface area (Å²) in [6, 6.07) is 5.59. The number of hydrogen-bond donors (Lipinski definition) is 0. The van der Waals surface area contributed by atoms with Gasteiger partial charge in [0.1, 0.15) is 34.3 Å². The number of nitriles is 1. The van der Waals surface area contributed by atoms with Crippen LogP contribution in [0.2, 0.25) is 0 Å². The van der Waals surface area contributed by atoms with E-state index in [1.165, 1.54) is 12.8 Å². The molecule has 2 bridgehead atoms. The summed E-state index contributed by atoms with van der Waals surface area (Å²) in [7, 11) is 6.02. The highest BCUT2D eigenvalue weighted by Gasteiger charge is 2.44. The van der Waals surface area contributed by atoms with Crippen molar-refractivity contribution in [2.24, 2.45) is 4.99 Å². The Bertz CT molecular complexity index is 1820. The van der Waals surface area contributed by atoms with Gasteiger partial charge in [-0.3, -0.25) is 0 Å². The molecule has 0 aromatic carbocycles. The van der Waals surface area contributed by atoms with Crippen molar-refractivity contribution >= 4 is 34.6 Å². The van der Waals surface area contributed by atoms with Gasteiger partial charge in [-0.25, -0.2) is 9.79 Å². The van der Waals surface area contributed by atoms with Crippen molar-refractivity contribution in [1.82, 2.24) is 34.8 Å². The predicted octanol–water partition coefficient (Wildman–Crippen LogP) is 5.38. The van der Waals surface area contributed by atoms with E-state index in [4.69, 9.17) is 28.9 Å². The van der Waals surface area contributed by atoms with Crippen LogP contribution in [0.1, 0.15) is 88.1 Å². The van der Waals surface area contributed by atoms with Crippen molar-refractivity contribution in [3.8, 4) is 23.6 Å². The molecule has 0 radical (unpaired) electrons. The van der Waals surface area contributed by atoms with Crippen molar-refractivity contribution in [2.45, 2.75) is 102 Å². The SMILES string of the molecule is CN(C)/C=N/c1sc2c(c1C#N)[C@@](C)(c1nc(-c3cc(N4CCN(C(=O)OC(C)(C)C)CC4)nc(OC4CC5CCC(C4)N5C)n3)no1)CCC2. The van der Waals surface area contributed by atoms with E-state index in [1.54, 1.807) is 22.6 Å². The molecule has 0 saturated carbocycles. The number of aromatic nitrogens is 4. The Hall–Kier alpha value is -4.29. The summed E-state index contributed by atoms with van der Waals surface area (Å²) in [4.78, 5) is 41.4. The van der Waals surface area contributed by atoms with Crippen LogP contribution in [0.3, 0.4) is 0 Å². The maximum absolute atomic E-state index is 12.8. The number of nitrogens with zero attached hydrogens (tertiary/aromatic N) is 10. The summed E-state index contributed by atoms with van der Waals surface area (Å²) in [5.74, 6) is 1.46. The number of piperazine rings is 1. The fourth-order valence-corrected chi connectivity index (χ4v) is 9.13. The van der Waals surface area contributed by atoms with Crippen molar-refractivity contribution in [3.05, 3.63) is 28.0 Å². The molecule has 272 valence electrons. The number of fused-ring (bicyclic) bond motifs is 3. The van der Waals surface area contributed by atoms with E-state index >= 15 is 0 Å². The molecule has 3 atom stereocenters. The Balaban J connectivity index is 1.19. The highest BCUT2D eigenvalue weighted by molar-refractivity contribution is 7.16. The largest absolute Gasteiger partial charge is 0.460 e. The van der Waals surface area contributed by atoms with Gasteiger partial charge in [-0.05, 0) is 66.8 Å². The topological polar surface area (TPSA) is 149 Å².